The number of nitrogens with zero attached hydrogens (tertiary/aromatic N) is 2. The number of halogens is 3. The maximum Gasteiger partial charge on any atom is 0.337 e. The van der Waals surface area contributed by atoms with Crippen LogP contribution in [0.1, 0.15) is 32.2 Å². The predicted molar refractivity (Wildman–Crippen MR) is 129 cm³/mol. The molecule has 4 aromatic rings. The van der Waals surface area contributed by atoms with Gasteiger partial charge in [0.25, 0.3) is 5.91 Å². The molecule has 0 atom stereocenters. The molecule has 0 aliphatic carbocycles. The van der Waals surface area contributed by atoms with E-state index in [4.69, 9.17) is 20.8 Å². The van der Waals surface area contributed by atoms with Gasteiger partial charge in [-0.2, -0.15) is 5.10 Å². The van der Waals surface area contributed by atoms with Gasteiger partial charge in [0.2, 0.25) is 0 Å². The molecule has 0 radical (unpaired) electrons. The van der Waals surface area contributed by atoms with E-state index in [1.165, 1.54) is 30.0 Å². The first-order valence-corrected chi connectivity index (χ1v) is 11.4. The molecular formula is C24H18BrClFN3O5. The zero-order valence-corrected chi connectivity index (χ0v) is 20.6. The third-order valence-corrected chi connectivity index (χ3v) is 5.81. The van der Waals surface area contributed by atoms with E-state index in [1.54, 1.807) is 42.6 Å². The van der Waals surface area contributed by atoms with Crippen LogP contribution in [0.15, 0.2) is 69.7 Å². The van der Waals surface area contributed by atoms with E-state index in [0.29, 0.717) is 21.5 Å². The normalized spacial score (nSPS) is 10.7. The smallest absolute Gasteiger partial charge is 0.337 e. The van der Waals surface area contributed by atoms with Crippen molar-refractivity contribution in [2.45, 2.75) is 13.2 Å². The van der Waals surface area contributed by atoms with Gasteiger partial charge in [-0.3, -0.25) is 9.48 Å². The van der Waals surface area contributed by atoms with Crippen molar-refractivity contribution >= 4 is 45.2 Å². The summed E-state index contributed by atoms with van der Waals surface area (Å²) >= 11 is 9.42. The van der Waals surface area contributed by atoms with Crippen LogP contribution >= 0.6 is 27.5 Å². The van der Waals surface area contributed by atoms with Crippen molar-refractivity contribution < 1.29 is 27.9 Å². The monoisotopic (exact) mass is 561 g/mol. The molecule has 180 valence electrons. The topological polar surface area (TPSA) is 95.6 Å². The van der Waals surface area contributed by atoms with Crippen molar-refractivity contribution in [2.24, 2.45) is 0 Å². The summed E-state index contributed by atoms with van der Waals surface area (Å²) in [6, 6.07) is 14.0. The third kappa shape index (κ3) is 5.90. The van der Waals surface area contributed by atoms with Crippen LogP contribution in [0.2, 0.25) is 5.02 Å². The molecule has 0 bridgehead atoms. The summed E-state index contributed by atoms with van der Waals surface area (Å²) in [5, 5.41) is 7.21. The molecule has 11 heteroatoms. The molecule has 0 saturated heterocycles. The minimum absolute atomic E-state index is 0.0586. The van der Waals surface area contributed by atoms with Crippen LogP contribution in [0.5, 0.6) is 5.75 Å². The van der Waals surface area contributed by atoms with E-state index in [2.05, 4.69) is 31.1 Å². The van der Waals surface area contributed by atoms with Gasteiger partial charge in [-0.1, -0.05) is 17.7 Å². The first-order chi connectivity index (χ1) is 16.8. The summed E-state index contributed by atoms with van der Waals surface area (Å²) in [6.45, 7) is 0.162. The number of ether oxygens (including phenoxy) is 2. The SMILES string of the molecule is COC(=O)c1ccc(OCc2ccc(C(=O)Nc3nn(Cc4c(F)cccc4Cl)cc3Br)o2)cc1. The number of nitrogens with one attached hydrogen (secondary N) is 1. The van der Waals surface area contributed by atoms with Gasteiger partial charge >= 0.3 is 5.97 Å². The molecule has 0 aliphatic rings. The van der Waals surface area contributed by atoms with Crippen molar-refractivity contribution in [3.05, 3.63) is 98.8 Å². The van der Waals surface area contributed by atoms with Crippen molar-refractivity contribution in [2.75, 3.05) is 12.4 Å². The van der Waals surface area contributed by atoms with Gasteiger partial charge < -0.3 is 19.2 Å². The minimum Gasteiger partial charge on any atom is -0.486 e. The Morgan fingerprint density at radius 3 is 2.66 bits per heavy atom. The quantitative estimate of drug-likeness (QED) is 0.277. The molecule has 2 aromatic heterocycles. The van der Waals surface area contributed by atoms with Crippen LogP contribution in [0.3, 0.4) is 0 Å². The average molecular weight is 563 g/mol. The van der Waals surface area contributed by atoms with E-state index >= 15 is 0 Å². The van der Waals surface area contributed by atoms with Crippen LogP contribution in [-0.2, 0) is 17.9 Å². The second-order valence-electron chi connectivity index (χ2n) is 7.25. The average Bonchev–Trinajstić information content (AvgIpc) is 3.46. The second-order valence-corrected chi connectivity index (χ2v) is 8.51. The highest BCUT2D eigenvalue weighted by Gasteiger charge is 2.17. The Balaban J connectivity index is 1.36. The lowest BCUT2D eigenvalue weighted by Gasteiger charge is -2.06. The number of methoxy groups -OCH3 is 1. The molecular weight excluding hydrogens is 545 g/mol. The van der Waals surface area contributed by atoms with Crippen molar-refractivity contribution in [1.82, 2.24) is 9.78 Å². The Morgan fingerprint density at radius 2 is 1.94 bits per heavy atom. The summed E-state index contributed by atoms with van der Waals surface area (Å²) in [4.78, 5) is 24.1. The van der Waals surface area contributed by atoms with Crippen LogP contribution in [-0.4, -0.2) is 28.8 Å². The van der Waals surface area contributed by atoms with E-state index in [9.17, 15) is 14.0 Å². The summed E-state index contributed by atoms with van der Waals surface area (Å²) in [7, 11) is 1.31. The summed E-state index contributed by atoms with van der Waals surface area (Å²) in [5.74, 6) is -0.167. The number of carbonyl (C=O) groups is 2. The third-order valence-electron chi connectivity index (χ3n) is 4.87. The molecule has 1 N–H and O–H groups in total. The molecule has 35 heavy (non-hydrogen) atoms. The molecule has 4 rings (SSSR count). The number of aromatic nitrogens is 2. The Hall–Kier alpha value is -3.63. The number of amides is 1. The molecule has 0 spiro atoms. The molecule has 2 aromatic carbocycles. The number of carbonyl (C=O) groups excluding carboxylic acids is 2. The molecule has 0 aliphatic heterocycles. The fourth-order valence-electron chi connectivity index (χ4n) is 3.11. The molecule has 2 heterocycles. The van der Waals surface area contributed by atoms with Crippen LogP contribution in [0, 0.1) is 5.82 Å². The van der Waals surface area contributed by atoms with Gasteiger partial charge in [-0.05, 0) is 64.5 Å². The fourth-order valence-corrected chi connectivity index (χ4v) is 3.75. The molecule has 8 nitrogen and oxygen atoms in total. The Labute approximate surface area is 212 Å². The number of rotatable bonds is 8. The lowest BCUT2D eigenvalue weighted by Crippen LogP contribution is -2.12. The van der Waals surface area contributed by atoms with Gasteiger partial charge in [-0.25, -0.2) is 9.18 Å². The number of benzene rings is 2. The van der Waals surface area contributed by atoms with E-state index in [-0.39, 0.29) is 35.3 Å². The Morgan fingerprint density at radius 1 is 1.17 bits per heavy atom. The van der Waals surface area contributed by atoms with Gasteiger partial charge in [0.1, 0.15) is 23.9 Å². The van der Waals surface area contributed by atoms with E-state index in [1.807, 2.05) is 0 Å². The van der Waals surface area contributed by atoms with Crippen LogP contribution in [0.4, 0.5) is 10.2 Å². The number of hydrogen-bond donors (Lipinski definition) is 1. The first kappa shape index (κ1) is 24.5. The van der Waals surface area contributed by atoms with Crippen LogP contribution < -0.4 is 10.1 Å². The van der Waals surface area contributed by atoms with Gasteiger partial charge in [0.05, 0.1) is 23.7 Å². The lowest BCUT2D eigenvalue weighted by atomic mass is 10.2. The van der Waals surface area contributed by atoms with Crippen molar-refractivity contribution in [3.63, 3.8) is 0 Å². The van der Waals surface area contributed by atoms with Crippen molar-refractivity contribution in [1.29, 1.82) is 0 Å². The lowest BCUT2D eigenvalue weighted by molar-refractivity contribution is 0.0600. The summed E-state index contributed by atoms with van der Waals surface area (Å²) < 4.78 is 31.9. The highest BCUT2D eigenvalue weighted by atomic mass is 79.9. The van der Waals surface area contributed by atoms with Gasteiger partial charge in [-0.15, -0.1) is 0 Å². The van der Waals surface area contributed by atoms with E-state index < -0.39 is 17.7 Å². The number of hydrogen-bond acceptors (Lipinski definition) is 6. The number of esters is 1. The largest absolute Gasteiger partial charge is 0.486 e. The van der Waals surface area contributed by atoms with Gasteiger partial charge in [0, 0.05) is 16.8 Å². The number of furan rings is 1. The zero-order chi connectivity index (χ0) is 24.9. The maximum absolute atomic E-state index is 14.1. The second kappa shape index (κ2) is 10.7. The summed E-state index contributed by atoms with van der Waals surface area (Å²) in [6.07, 6.45) is 1.60. The molecule has 0 unspecified atom stereocenters. The summed E-state index contributed by atoms with van der Waals surface area (Å²) in [5.41, 5.74) is 0.695. The van der Waals surface area contributed by atoms with Crippen molar-refractivity contribution in [3.8, 4) is 5.75 Å². The Bertz CT molecular complexity index is 1350. The predicted octanol–water partition coefficient (Wildman–Crippen LogP) is 5.70. The number of anilines is 1. The fraction of sp³-hybridized carbons (Fsp3) is 0.125. The van der Waals surface area contributed by atoms with E-state index in [0.717, 1.165) is 0 Å². The maximum atomic E-state index is 14.1. The highest BCUT2D eigenvalue weighted by Crippen LogP contribution is 2.25. The van der Waals surface area contributed by atoms with Crippen LogP contribution in [0.25, 0.3) is 0 Å². The highest BCUT2D eigenvalue weighted by molar-refractivity contribution is 9.10. The van der Waals surface area contributed by atoms with Gasteiger partial charge in [0.15, 0.2) is 11.6 Å². The zero-order valence-electron chi connectivity index (χ0n) is 18.3. The standard InChI is InChI=1S/C24H18BrClFN3O5/c1-33-24(32)14-5-7-15(8-6-14)34-13-16-9-10-21(35-16)23(31)28-22-18(25)12-30(29-22)11-17-19(26)3-2-4-20(17)27/h2-10,12H,11,13H2,1H3,(H,28,29,31). The molecule has 0 fully saturated rings. The molecule has 0 saturated carbocycles. The first-order valence-electron chi connectivity index (χ1n) is 10.2. The minimum atomic E-state index is -0.520. The molecule has 1 amide bonds. The Kier molecular flexibility index (Phi) is 7.52.